The molecule has 1 aromatic heterocycles. The fourth-order valence-electron chi connectivity index (χ4n) is 0.832. The summed E-state index contributed by atoms with van der Waals surface area (Å²) in [6.45, 7) is 0. The molecule has 1 aromatic rings. The maximum Gasteiger partial charge on any atom is 0.281 e. The smallest absolute Gasteiger partial charge is 0.275 e. The minimum atomic E-state index is -2.98. The lowest BCUT2D eigenvalue weighted by Gasteiger charge is -2.06. The van der Waals surface area contributed by atoms with Gasteiger partial charge in [-0.25, -0.2) is 13.2 Å². The SMILES string of the molecule is O=C(Cl)c1c(C(F)F)ncc(F)c1Br. The first-order valence-corrected chi connectivity index (χ1v) is 4.44. The molecule has 0 N–H and O–H groups in total. The third-order valence-corrected chi connectivity index (χ3v) is 2.37. The third kappa shape index (κ3) is 2.06. The van der Waals surface area contributed by atoms with Gasteiger partial charge < -0.3 is 0 Å². The van der Waals surface area contributed by atoms with Crippen LogP contribution in [0.4, 0.5) is 13.2 Å². The van der Waals surface area contributed by atoms with Crippen LogP contribution in [0.3, 0.4) is 0 Å². The van der Waals surface area contributed by atoms with Gasteiger partial charge in [0.1, 0.15) is 5.69 Å². The van der Waals surface area contributed by atoms with Crippen molar-refractivity contribution in [2.45, 2.75) is 6.43 Å². The summed E-state index contributed by atoms with van der Waals surface area (Å²) < 4.78 is 37.0. The van der Waals surface area contributed by atoms with Crippen LogP contribution in [0.15, 0.2) is 10.7 Å². The highest BCUT2D eigenvalue weighted by Gasteiger charge is 2.23. The Morgan fingerprint density at radius 1 is 1.57 bits per heavy atom. The Balaban J connectivity index is 3.45. The van der Waals surface area contributed by atoms with E-state index in [0.717, 1.165) is 0 Å². The number of pyridine rings is 1. The van der Waals surface area contributed by atoms with Crippen LogP contribution < -0.4 is 0 Å². The highest BCUT2D eigenvalue weighted by molar-refractivity contribution is 9.10. The van der Waals surface area contributed by atoms with E-state index in [0.29, 0.717) is 6.20 Å². The van der Waals surface area contributed by atoms with Crippen molar-refractivity contribution >= 4 is 32.8 Å². The number of hydrogen-bond donors (Lipinski definition) is 0. The second-order valence-corrected chi connectivity index (χ2v) is 3.39. The van der Waals surface area contributed by atoms with Gasteiger partial charge in [0.25, 0.3) is 11.7 Å². The average molecular weight is 288 g/mol. The first-order valence-electron chi connectivity index (χ1n) is 3.27. The fourth-order valence-corrected chi connectivity index (χ4v) is 1.62. The van der Waals surface area contributed by atoms with Gasteiger partial charge >= 0.3 is 0 Å². The van der Waals surface area contributed by atoms with E-state index in [1.54, 1.807) is 0 Å². The van der Waals surface area contributed by atoms with E-state index in [-0.39, 0.29) is 0 Å². The average Bonchev–Trinajstić information content (AvgIpc) is 2.08. The highest BCUT2D eigenvalue weighted by atomic mass is 79.9. The molecule has 0 radical (unpaired) electrons. The zero-order chi connectivity index (χ0) is 10.9. The maximum absolute atomic E-state index is 12.8. The van der Waals surface area contributed by atoms with Crippen molar-refractivity contribution in [2.75, 3.05) is 0 Å². The summed E-state index contributed by atoms with van der Waals surface area (Å²) in [7, 11) is 0. The zero-order valence-corrected chi connectivity index (χ0v) is 8.74. The van der Waals surface area contributed by atoms with E-state index in [1.807, 2.05) is 0 Å². The molecule has 0 aliphatic carbocycles. The maximum atomic E-state index is 12.8. The highest BCUT2D eigenvalue weighted by Crippen LogP contribution is 2.29. The summed E-state index contributed by atoms with van der Waals surface area (Å²) in [6, 6.07) is 0. The van der Waals surface area contributed by atoms with Crippen LogP contribution in [-0.4, -0.2) is 10.2 Å². The molecule has 0 aromatic carbocycles. The largest absolute Gasteiger partial charge is 0.281 e. The minimum Gasteiger partial charge on any atom is -0.275 e. The number of carbonyl (C=O) groups is 1. The molecule has 76 valence electrons. The molecule has 1 heterocycles. The summed E-state index contributed by atoms with van der Waals surface area (Å²) in [4.78, 5) is 13.8. The molecular formula is C7H2BrClF3NO. The van der Waals surface area contributed by atoms with Crippen LogP contribution >= 0.6 is 27.5 Å². The Morgan fingerprint density at radius 2 is 2.14 bits per heavy atom. The molecule has 14 heavy (non-hydrogen) atoms. The minimum absolute atomic E-state index is 0.400. The van der Waals surface area contributed by atoms with Gasteiger partial charge in [0.15, 0.2) is 5.82 Å². The Hall–Kier alpha value is -0.620. The predicted molar refractivity (Wildman–Crippen MR) is 47.0 cm³/mol. The summed E-state index contributed by atoms with van der Waals surface area (Å²) >= 11 is 7.67. The van der Waals surface area contributed by atoms with Gasteiger partial charge in [-0.1, -0.05) is 0 Å². The summed E-state index contributed by atoms with van der Waals surface area (Å²) in [6.07, 6.45) is -2.39. The molecule has 1 rings (SSSR count). The van der Waals surface area contributed by atoms with Crippen molar-refractivity contribution in [1.29, 1.82) is 0 Å². The quantitative estimate of drug-likeness (QED) is 0.782. The van der Waals surface area contributed by atoms with E-state index in [2.05, 4.69) is 20.9 Å². The van der Waals surface area contributed by atoms with E-state index in [4.69, 9.17) is 11.6 Å². The molecule has 0 spiro atoms. The van der Waals surface area contributed by atoms with Gasteiger partial charge in [-0.3, -0.25) is 9.78 Å². The lowest BCUT2D eigenvalue weighted by molar-refractivity contribution is 0.106. The van der Waals surface area contributed by atoms with E-state index < -0.39 is 33.2 Å². The molecule has 0 saturated carbocycles. The van der Waals surface area contributed by atoms with Crippen molar-refractivity contribution < 1.29 is 18.0 Å². The fraction of sp³-hybridized carbons (Fsp3) is 0.143. The lowest BCUT2D eigenvalue weighted by Crippen LogP contribution is -2.04. The first-order chi connectivity index (χ1) is 6.45. The van der Waals surface area contributed by atoms with E-state index in [9.17, 15) is 18.0 Å². The molecule has 2 nitrogen and oxygen atoms in total. The molecule has 0 fully saturated rings. The predicted octanol–water partition coefficient (Wildman–Crippen LogP) is 3.30. The topological polar surface area (TPSA) is 30.0 Å². The van der Waals surface area contributed by atoms with Crippen LogP contribution in [0.25, 0.3) is 0 Å². The second kappa shape index (κ2) is 4.27. The monoisotopic (exact) mass is 287 g/mol. The molecule has 0 amide bonds. The van der Waals surface area contributed by atoms with Gasteiger partial charge in [0.2, 0.25) is 0 Å². The van der Waals surface area contributed by atoms with Gasteiger partial charge in [0.05, 0.1) is 16.2 Å². The zero-order valence-electron chi connectivity index (χ0n) is 6.40. The third-order valence-electron chi connectivity index (χ3n) is 1.41. The molecule has 0 bridgehead atoms. The Labute approximate surface area is 90.2 Å². The number of carbonyl (C=O) groups excluding carboxylic acids is 1. The van der Waals surface area contributed by atoms with Crippen molar-refractivity contribution in [3.05, 3.63) is 27.7 Å². The molecule has 0 unspecified atom stereocenters. The Bertz CT molecular complexity index is 385. The van der Waals surface area contributed by atoms with Gasteiger partial charge in [-0.2, -0.15) is 0 Å². The summed E-state index contributed by atoms with van der Waals surface area (Å²) in [5.41, 5.74) is -1.47. The van der Waals surface area contributed by atoms with Crippen molar-refractivity contribution in [3.63, 3.8) is 0 Å². The molecular weight excluding hydrogens is 286 g/mol. The summed E-state index contributed by atoms with van der Waals surface area (Å²) in [5.74, 6) is -0.918. The van der Waals surface area contributed by atoms with Crippen LogP contribution in [0.2, 0.25) is 0 Å². The normalized spacial score (nSPS) is 10.7. The van der Waals surface area contributed by atoms with Gasteiger partial charge in [-0.15, -0.1) is 0 Å². The number of hydrogen-bond acceptors (Lipinski definition) is 2. The standard InChI is InChI=1S/C7H2BrClF3NO/c8-4-2(10)1-13-5(7(11)12)3(4)6(9)14/h1,7H. The van der Waals surface area contributed by atoms with Crippen molar-refractivity contribution in [2.24, 2.45) is 0 Å². The van der Waals surface area contributed by atoms with Crippen LogP contribution in [-0.2, 0) is 0 Å². The number of halogens is 5. The van der Waals surface area contributed by atoms with Crippen molar-refractivity contribution in [3.8, 4) is 0 Å². The molecule has 0 saturated heterocycles. The van der Waals surface area contributed by atoms with Crippen LogP contribution in [0.5, 0.6) is 0 Å². The molecule has 0 aliphatic rings. The van der Waals surface area contributed by atoms with Crippen LogP contribution in [0.1, 0.15) is 22.5 Å². The van der Waals surface area contributed by atoms with Crippen molar-refractivity contribution in [1.82, 2.24) is 4.98 Å². The first kappa shape index (κ1) is 11.5. The number of rotatable bonds is 2. The van der Waals surface area contributed by atoms with Crippen LogP contribution in [0, 0.1) is 5.82 Å². The number of nitrogens with zero attached hydrogens (tertiary/aromatic N) is 1. The molecule has 0 aliphatic heterocycles. The lowest BCUT2D eigenvalue weighted by atomic mass is 10.2. The number of aromatic nitrogens is 1. The Morgan fingerprint density at radius 3 is 2.57 bits per heavy atom. The molecule has 0 atom stereocenters. The van der Waals surface area contributed by atoms with Gasteiger partial charge in [0, 0.05) is 0 Å². The Kier molecular flexibility index (Phi) is 3.49. The number of alkyl halides is 2. The second-order valence-electron chi connectivity index (χ2n) is 2.25. The summed E-state index contributed by atoms with van der Waals surface area (Å²) in [5, 5.41) is -1.18. The van der Waals surface area contributed by atoms with E-state index in [1.165, 1.54) is 0 Å². The van der Waals surface area contributed by atoms with Gasteiger partial charge in [-0.05, 0) is 27.5 Å². The molecule has 7 heteroatoms. The van der Waals surface area contributed by atoms with E-state index >= 15 is 0 Å².